The highest BCUT2D eigenvalue weighted by molar-refractivity contribution is 6.01. The van der Waals surface area contributed by atoms with Crippen molar-refractivity contribution in [3.05, 3.63) is 47.7 Å². The van der Waals surface area contributed by atoms with Crippen LogP contribution >= 0.6 is 0 Å². The molecular formula is C22H29N3O4. The summed E-state index contributed by atoms with van der Waals surface area (Å²) in [5.74, 6) is 1.44. The molecule has 7 heteroatoms. The summed E-state index contributed by atoms with van der Waals surface area (Å²) in [6.07, 6.45) is 1.66. The summed E-state index contributed by atoms with van der Waals surface area (Å²) in [5.41, 5.74) is 1.99. The number of urea groups is 1. The fourth-order valence-electron chi connectivity index (χ4n) is 3.82. The first-order valence-electron chi connectivity index (χ1n) is 9.78. The quantitative estimate of drug-likeness (QED) is 0.716. The van der Waals surface area contributed by atoms with Gasteiger partial charge in [-0.2, -0.15) is 0 Å². The van der Waals surface area contributed by atoms with E-state index < -0.39 is 6.04 Å². The molecule has 3 amide bonds. The van der Waals surface area contributed by atoms with E-state index in [0.717, 1.165) is 5.70 Å². The molecule has 0 aromatic heterocycles. The second-order valence-corrected chi connectivity index (χ2v) is 7.67. The van der Waals surface area contributed by atoms with E-state index >= 15 is 0 Å². The molecule has 1 N–H and O–H groups in total. The van der Waals surface area contributed by atoms with Gasteiger partial charge in [0.25, 0.3) is 5.91 Å². The zero-order chi connectivity index (χ0) is 21.3. The molecule has 2 atom stereocenters. The van der Waals surface area contributed by atoms with Crippen LogP contribution < -0.4 is 14.8 Å². The molecule has 29 heavy (non-hydrogen) atoms. The predicted molar refractivity (Wildman–Crippen MR) is 111 cm³/mol. The first-order chi connectivity index (χ1) is 13.8. The Bertz CT molecular complexity index is 862. The summed E-state index contributed by atoms with van der Waals surface area (Å²) < 4.78 is 10.9. The maximum atomic E-state index is 13.5. The number of carbonyl (C=O) groups is 2. The van der Waals surface area contributed by atoms with Crippen LogP contribution in [0.1, 0.15) is 32.4 Å². The number of hydrogen-bond donors (Lipinski definition) is 1. The van der Waals surface area contributed by atoms with Gasteiger partial charge in [-0.25, -0.2) is 4.79 Å². The summed E-state index contributed by atoms with van der Waals surface area (Å²) >= 11 is 0. The van der Waals surface area contributed by atoms with E-state index in [0.29, 0.717) is 41.6 Å². The zero-order valence-electron chi connectivity index (χ0n) is 17.7. The minimum absolute atomic E-state index is 0.0432. The van der Waals surface area contributed by atoms with Crippen molar-refractivity contribution in [2.45, 2.75) is 32.9 Å². The molecule has 0 saturated heterocycles. The van der Waals surface area contributed by atoms with Gasteiger partial charge in [0.05, 0.1) is 38.1 Å². The summed E-state index contributed by atoms with van der Waals surface area (Å²) in [7, 11) is 3.15. The number of benzene rings is 1. The van der Waals surface area contributed by atoms with Gasteiger partial charge in [0.2, 0.25) is 0 Å². The molecule has 2 aliphatic heterocycles. The van der Waals surface area contributed by atoms with E-state index in [1.807, 2.05) is 11.8 Å². The summed E-state index contributed by atoms with van der Waals surface area (Å²) in [4.78, 5) is 29.8. The molecule has 0 aliphatic carbocycles. The molecule has 2 aliphatic rings. The van der Waals surface area contributed by atoms with Gasteiger partial charge in [0.15, 0.2) is 0 Å². The van der Waals surface area contributed by atoms with Crippen molar-refractivity contribution in [2.24, 2.45) is 5.92 Å². The molecular weight excluding hydrogens is 370 g/mol. The van der Waals surface area contributed by atoms with Gasteiger partial charge in [-0.3, -0.25) is 9.69 Å². The van der Waals surface area contributed by atoms with Gasteiger partial charge in [0, 0.05) is 18.2 Å². The van der Waals surface area contributed by atoms with Gasteiger partial charge >= 0.3 is 6.03 Å². The molecule has 0 fully saturated rings. The van der Waals surface area contributed by atoms with Crippen LogP contribution in [0.5, 0.6) is 11.5 Å². The lowest BCUT2D eigenvalue weighted by Crippen LogP contribution is -2.47. The lowest BCUT2D eigenvalue weighted by molar-refractivity contribution is -0.128. The maximum Gasteiger partial charge on any atom is 0.322 e. The number of methoxy groups -OCH3 is 2. The number of ether oxygens (including phenoxy) is 2. The Labute approximate surface area is 171 Å². The minimum atomic E-state index is -0.611. The van der Waals surface area contributed by atoms with Crippen LogP contribution in [0, 0.1) is 5.92 Å². The van der Waals surface area contributed by atoms with Gasteiger partial charge in [-0.15, -0.1) is 6.58 Å². The summed E-state index contributed by atoms with van der Waals surface area (Å²) in [6.45, 7) is 10.7. The molecule has 7 nitrogen and oxygen atoms in total. The average molecular weight is 399 g/mol. The van der Waals surface area contributed by atoms with E-state index in [1.165, 1.54) is 0 Å². The second kappa shape index (κ2) is 8.19. The van der Waals surface area contributed by atoms with Crippen molar-refractivity contribution in [1.82, 2.24) is 15.1 Å². The third kappa shape index (κ3) is 3.57. The normalized spacial score (nSPS) is 20.0. The average Bonchev–Trinajstić information content (AvgIpc) is 3.05. The standard InChI is InChI=1S/C22H29N3O4/c1-7-10-24-17-12-25(14(4)13(2)3)21(26)19(17)20(23-22(24)27)16-11-15(28-5)8-9-18(16)29-6/h7-9,11,13-14,20H,1,10,12H2,2-6H3,(H,23,27)/t14-,20-/m1/s1. The molecule has 0 spiro atoms. The van der Waals surface area contributed by atoms with Gasteiger partial charge in [-0.05, 0) is 31.0 Å². The van der Waals surface area contributed by atoms with Crippen LogP contribution in [0.25, 0.3) is 0 Å². The Morgan fingerprint density at radius 2 is 1.97 bits per heavy atom. The number of rotatable bonds is 7. The number of carbonyl (C=O) groups excluding carboxylic acids is 2. The van der Waals surface area contributed by atoms with Gasteiger partial charge < -0.3 is 19.7 Å². The Kier molecular flexibility index (Phi) is 5.86. The smallest absolute Gasteiger partial charge is 0.322 e. The van der Waals surface area contributed by atoms with Crippen molar-refractivity contribution in [3.63, 3.8) is 0 Å². The lowest BCUT2D eigenvalue weighted by Gasteiger charge is -2.33. The number of nitrogens with one attached hydrogen (secondary N) is 1. The van der Waals surface area contributed by atoms with Crippen LogP contribution in [-0.4, -0.2) is 55.1 Å². The molecule has 0 radical (unpaired) electrons. The van der Waals surface area contributed by atoms with Crippen LogP contribution in [0.4, 0.5) is 4.79 Å². The molecule has 0 unspecified atom stereocenters. The van der Waals surface area contributed by atoms with Crippen molar-refractivity contribution >= 4 is 11.9 Å². The fraction of sp³-hybridized carbons (Fsp3) is 0.455. The summed E-state index contributed by atoms with van der Waals surface area (Å²) in [6, 6.07) is 4.55. The zero-order valence-corrected chi connectivity index (χ0v) is 17.7. The highest BCUT2D eigenvalue weighted by atomic mass is 16.5. The third-order valence-corrected chi connectivity index (χ3v) is 5.77. The topological polar surface area (TPSA) is 71.1 Å². The van der Waals surface area contributed by atoms with Crippen molar-refractivity contribution in [2.75, 3.05) is 27.3 Å². The molecule has 2 heterocycles. The van der Waals surface area contributed by atoms with Gasteiger partial charge in [0.1, 0.15) is 11.5 Å². The summed E-state index contributed by atoms with van der Waals surface area (Å²) in [5, 5.41) is 2.98. The van der Waals surface area contributed by atoms with Crippen molar-refractivity contribution in [1.29, 1.82) is 0 Å². The molecule has 0 saturated carbocycles. The Morgan fingerprint density at radius 3 is 2.55 bits per heavy atom. The molecule has 1 aromatic carbocycles. The first-order valence-corrected chi connectivity index (χ1v) is 9.78. The highest BCUT2D eigenvalue weighted by Crippen LogP contribution is 2.41. The van der Waals surface area contributed by atoms with E-state index in [2.05, 4.69) is 25.7 Å². The van der Waals surface area contributed by atoms with Gasteiger partial charge in [-0.1, -0.05) is 19.9 Å². The van der Waals surface area contributed by atoms with Crippen LogP contribution in [0.3, 0.4) is 0 Å². The molecule has 156 valence electrons. The largest absolute Gasteiger partial charge is 0.497 e. The van der Waals surface area contributed by atoms with E-state index in [1.54, 1.807) is 43.4 Å². The Morgan fingerprint density at radius 1 is 1.24 bits per heavy atom. The third-order valence-electron chi connectivity index (χ3n) is 5.77. The lowest BCUT2D eigenvalue weighted by atomic mass is 9.94. The van der Waals surface area contributed by atoms with Crippen LogP contribution in [-0.2, 0) is 4.79 Å². The van der Waals surface area contributed by atoms with E-state index in [4.69, 9.17) is 9.47 Å². The Hall–Kier alpha value is -2.96. The fourth-order valence-corrected chi connectivity index (χ4v) is 3.82. The molecule has 3 rings (SSSR count). The number of nitrogens with zero attached hydrogens (tertiary/aromatic N) is 2. The molecule has 1 aromatic rings. The number of hydrogen-bond acceptors (Lipinski definition) is 4. The van der Waals surface area contributed by atoms with Crippen molar-refractivity contribution in [3.8, 4) is 11.5 Å². The first kappa shape index (κ1) is 20.8. The SMILES string of the molecule is C=CCN1C(=O)N[C@H](c2cc(OC)ccc2OC)C2=C1CN([C@H](C)C(C)C)C2=O. The van der Waals surface area contributed by atoms with E-state index in [9.17, 15) is 9.59 Å². The predicted octanol–water partition coefficient (Wildman–Crippen LogP) is 3.10. The second-order valence-electron chi connectivity index (χ2n) is 7.67. The maximum absolute atomic E-state index is 13.5. The monoisotopic (exact) mass is 399 g/mol. The minimum Gasteiger partial charge on any atom is -0.497 e. The molecule has 0 bridgehead atoms. The highest BCUT2D eigenvalue weighted by Gasteiger charge is 2.46. The van der Waals surface area contributed by atoms with Crippen LogP contribution in [0.15, 0.2) is 42.1 Å². The van der Waals surface area contributed by atoms with Crippen LogP contribution in [0.2, 0.25) is 0 Å². The number of amides is 3. The van der Waals surface area contributed by atoms with E-state index in [-0.39, 0.29) is 18.0 Å². The Balaban J connectivity index is 2.13. The van der Waals surface area contributed by atoms with Crippen molar-refractivity contribution < 1.29 is 19.1 Å².